The number of ether oxygens (including phenoxy) is 1. The zero-order chi connectivity index (χ0) is 11.3. The third-order valence-corrected chi connectivity index (χ3v) is 2.04. The van der Waals surface area contributed by atoms with Crippen LogP contribution in [0.2, 0.25) is 0 Å². The van der Waals surface area contributed by atoms with Crippen LogP contribution in [0.3, 0.4) is 0 Å². The van der Waals surface area contributed by atoms with Crippen LogP contribution in [0.4, 0.5) is 5.69 Å². The van der Waals surface area contributed by atoms with Crippen LogP contribution < -0.4 is 15.8 Å². The molecule has 0 aromatic heterocycles. The molecule has 1 aromatic rings. The van der Waals surface area contributed by atoms with Crippen LogP contribution in [0.5, 0.6) is 5.75 Å². The minimum atomic E-state index is -0.142. The molecule has 4 heteroatoms. The number of amides is 1. The normalized spacial score (nSPS) is 9.73. The number of carbonyl (C=O) groups is 1. The van der Waals surface area contributed by atoms with Crippen molar-refractivity contribution in [2.75, 3.05) is 19.4 Å². The Labute approximate surface area is 89.4 Å². The van der Waals surface area contributed by atoms with Gasteiger partial charge in [0.1, 0.15) is 5.75 Å². The fourth-order valence-corrected chi connectivity index (χ4v) is 1.21. The molecule has 0 spiro atoms. The van der Waals surface area contributed by atoms with Gasteiger partial charge in [0, 0.05) is 18.3 Å². The number of benzene rings is 1. The van der Waals surface area contributed by atoms with Crippen molar-refractivity contribution < 1.29 is 9.53 Å². The molecular formula is C11H16N2O2. The highest BCUT2D eigenvalue weighted by Crippen LogP contribution is 2.19. The lowest BCUT2D eigenvalue weighted by Crippen LogP contribution is -2.24. The van der Waals surface area contributed by atoms with E-state index in [0.717, 1.165) is 6.42 Å². The standard InChI is InChI=1S/C11H16N2O2/c1-3-6-13-11(14)9-5-4-8(15-2)7-10(9)12/h4-5,7H,3,6,12H2,1-2H3,(H,13,14). The van der Waals surface area contributed by atoms with Crippen molar-refractivity contribution in [2.24, 2.45) is 0 Å². The van der Waals surface area contributed by atoms with Crippen LogP contribution in [-0.2, 0) is 0 Å². The molecule has 1 aromatic carbocycles. The van der Waals surface area contributed by atoms with E-state index >= 15 is 0 Å². The maximum atomic E-state index is 11.6. The summed E-state index contributed by atoms with van der Waals surface area (Å²) in [6.07, 6.45) is 0.905. The van der Waals surface area contributed by atoms with E-state index in [0.29, 0.717) is 23.5 Å². The molecule has 4 nitrogen and oxygen atoms in total. The van der Waals surface area contributed by atoms with Crippen LogP contribution in [-0.4, -0.2) is 19.6 Å². The molecule has 0 aliphatic rings. The highest BCUT2D eigenvalue weighted by molar-refractivity contribution is 5.99. The van der Waals surface area contributed by atoms with E-state index < -0.39 is 0 Å². The maximum absolute atomic E-state index is 11.6. The quantitative estimate of drug-likeness (QED) is 0.735. The molecular weight excluding hydrogens is 192 g/mol. The smallest absolute Gasteiger partial charge is 0.253 e. The zero-order valence-electron chi connectivity index (χ0n) is 9.04. The lowest BCUT2D eigenvalue weighted by atomic mass is 10.1. The largest absolute Gasteiger partial charge is 0.497 e. The van der Waals surface area contributed by atoms with Crippen LogP contribution in [0.1, 0.15) is 23.7 Å². The van der Waals surface area contributed by atoms with E-state index in [1.807, 2.05) is 6.92 Å². The highest BCUT2D eigenvalue weighted by atomic mass is 16.5. The van der Waals surface area contributed by atoms with Crippen molar-refractivity contribution in [3.63, 3.8) is 0 Å². The number of carbonyl (C=O) groups excluding carboxylic acids is 1. The van der Waals surface area contributed by atoms with Gasteiger partial charge >= 0.3 is 0 Å². The van der Waals surface area contributed by atoms with Crippen LogP contribution in [0, 0.1) is 0 Å². The van der Waals surface area contributed by atoms with Crippen LogP contribution in [0.25, 0.3) is 0 Å². The molecule has 3 N–H and O–H groups in total. The summed E-state index contributed by atoms with van der Waals surface area (Å²) >= 11 is 0. The molecule has 0 atom stereocenters. The Kier molecular flexibility index (Phi) is 3.97. The molecule has 0 saturated heterocycles. The Morgan fingerprint density at radius 3 is 2.80 bits per heavy atom. The van der Waals surface area contributed by atoms with Crippen molar-refractivity contribution in [2.45, 2.75) is 13.3 Å². The van der Waals surface area contributed by atoms with Gasteiger partial charge in [-0.15, -0.1) is 0 Å². The average Bonchev–Trinajstić information content (AvgIpc) is 2.25. The molecule has 1 rings (SSSR count). The minimum absolute atomic E-state index is 0.142. The van der Waals surface area contributed by atoms with E-state index in [9.17, 15) is 4.79 Å². The van der Waals surface area contributed by atoms with Gasteiger partial charge in [0.15, 0.2) is 0 Å². The zero-order valence-corrected chi connectivity index (χ0v) is 9.04. The molecule has 0 aliphatic carbocycles. The molecule has 82 valence electrons. The van der Waals surface area contributed by atoms with E-state index in [2.05, 4.69) is 5.32 Å². The lowest BCUT2D eigenvalue weighted by molar-refractivity contribution is 0.0954. The van der Waals surface area contributed by atoms with E-state index in [1.165, 1.54) is 0 Å². The maximum Gasteiger partial charge on any atom is 0.253 e. The van der Waals surface area contributed by atoms with Crippen molar-refractivity contribution in [1.29, 1.82) is 0 Å². The van der Waals surface area contributed by atoms with E-state index in [1.54, 1.807) is 25.3 Å². The molecule has 15 heavy (non-hydrogen) atoms. The number of methoxy groups -OCH3 is 1. The van der Waals surface area contributed by atoms with Crippen molar-refractivity contribution in [3.8, 4) is 5.75 Å². The SMILES string of the molecule is CCCNC(=O)c1ccc(OC)cc1N. The van der Waals surface area contributed by atoms with Gasteiger partial charge in [-0.05, 0) is 18.6 Å². The van der Waals surface area contributed by atoms with Gasteiger partial charge in [0.2, 0.25) is 0 Å². The second-order valence-electron chi connectivity index (χ2n) is 3.21. The van der Waals surface area contributed by atoms with Gasteiger partial charge in [0.05, 0.1) is 12.7 Å². The summed E-state index contributed by atoms with van der Waals surface area (Å²) in [5, 5.41) is 2.77. The Balaban J connectivity index is 2.81. The topological polar surface area (TPSA) is 64.3 Å². The predicted molar refractivity (Wildman–Crippen MR) is 60.0 cm³/mol. The van der Waals surface area contributed by atoms with Gasteiger partial charge in [-0.1, -0.05) is 6.92 Å². The summed E-state index contributed by atoms with van der Waals surface area (Å²) < 4.78 is 5.00. The molecule has 0 bridgehead atoms. The Morgan fingerprint density at radius 1 is 1.53 bits per heavy atom. The lowest BCUT2D eigenvalue weighted by Gasteiger charge is -2.07. The third kappa shape index (κ3) is 2.87. The molecule has 0 fully saturated rings. The fraction of sp³-hybridized carbons (Fsp3) is 0.364. The minimum Gasteiger partial charge on any atom is -0.497 e. The first-order valence-electron chi connectivity index (χ1n) is 4.90. The molecule has 0 heterocycles. The number of nitrogen functional groups attached to an aromatic ring is 1. The number of nitrogens with two attached hydrogens (primary N) is 1. The second-order valence-corrected chi connectivity index (χ2v) is 3.21. The van der Waals surface area contributed by atoms with Gasteiger partial charge in [0.25, 0.3) is 5.91 Å². The highest BCUT2D eigenvalue weighted by Gasteiger charge is 2.09. The van der Waals surface area contributed by atoms with Crippen molar-refractivity contribution in [3.05, 3.63) is 23.8 Å². The van der Waals surface area contributed by atoms with Crippen molar-refractivity contribution in [1.82, 2.24) is 5.32 Å². The summed E-state index contributed by atoms with van der Waals surface area (Å²) in [5.41, 5.74) is 6.65. The van der Waals surface area contributed by atoms with Gasteiger partial charge in [-0.25, -0.2) is 0 Å². The first-order valence-corrected chi connectivity index (χ1v) is 4.90. The Bertz CT molecular complexity index is 350. The third-order valence-electron chi connectivity index (χ3n) is 2.04. The first kappa shape index (κ1) is 11.4. The summed E-state index contributed by atoms with van der Waals surface area (Å²) in [6, 6.07) is 5.03. The summed E-state index contributed by atoms with van der Waals surface area (Å²) in [4.78, 5) is 11.6. The predicted octanol–water partition coefficient (Wildman–Crippen LogP) is 1.42. The summed E-state index contributed by atoms with van der Waals surface area (Å²) in [6.45, 7) is 2.65. The second kappa shape index (κ2) is 5.24. The fourth-order valence-electron chi connectivity index (χ4n) is 1.21. The van der Waals surface area contributed by atoms with E-state index in [-0.39, 0.29) is 5.91 Å². The molecule has 1 amide bonds. The summed E-state index contributed by atoms with van der Waals surface area (Å²) in [7, 11) is 1.56. The number of hydrogen-bond acceptors (Lipinski definition) is 3. The monoisotopic (exact) mass is 208 g/mol. The number of rotatable bonds is 4. The molecule has 0 saturated carbocycles. The first-order chi connectivity index (χ1) is 7.19. The number of nitrogens with one attached hydrogen (secondary N) is 1. The number of anilines is 1. The van der Waals surface area contributed by atoms with E-state index in [4.69, 9.17) is 10.5 Å². The molecule has 0 radical (unpaired) electrons. The van der Waals surface area contributed by atoms with Crippen LogP contribution >= 0.6 is 0 Å². The number of hydrogen-bond donors (Lipinski definition) is 2. The Hall–Kier alpha value is -1.71. The summed E-state index contributed by atoms with van der Waals surface area (Å²) in [5.74, 6) is 0.511. The molecule has 0 aliphatic heterocycles. The van der Waals surface area contributed by atoms with Gasteiger partial charge in [-0.2, -0.15) is 0 Å². The van der Waals surface area contributed by atoms with Crippen LogP contribution in [0.15, 0.2) is 18.2 Å². The Morgan fingerprint density at radius 2 is 2.27 bits per heavy atom. The average molecular weight is 208 g/mol. The van der Waals surface area contributed by atoms with Gasteiger partial charge < -0.3 is 15.8 Å². The van der Waals surface area contributed by atoms with Gasteiger partial charge in [-0.3, -0.25) is 4.79 Å². The molecule has 0 unspecified atom stereocenters. The van der Waals surface area contributed by atoms with Crippen molar-refractivity contribution >= 4 is 11.6 Å².